The third-order valence-electron chi connectivity index (χ3n) is 2.15. The SMILES string of the molecule is COCCNC(C#N)C1CCCO1. The van der Waals surface area contributed by atoms with Crippen LogP contribution in [-0.2, 0) is 9.47 Å². The van der Waals surface area contributed by atoms with Crippen LogP contribution in [0.25, 0.3) is 0 Å². The van der Waals surface area contributed by atoms with Crippen molar-refractivity contribution in [1.82, 2.24) is 5.32 Å². The molecule has 1 fully saturated rings. The molecule has 1 heterocycles. The molecule has 13 heavy (non-hydrogen) atoms. The van der Waals surface area contributed by atoms with E-state index in [1.807, 2.05) is 0 Å². The van der Waals surface area contributed by atoms with E-state index in [0.717, 1.165) is 19.4 Å². The van der Waals surface area contributed by atoms with Gasteiger partial charge in [-0.2, -0.15) is 5.26 Å². The van der Waals surface area contributed by atoms with Crippen LogP contribution < -0.4 is 5.32 Å². The monoisotopic (exact) mass is 184 g/mol. The summed E-state index contributed by atoms with van der Waals surface area (Å²) >= 11 is 0. The molecule has 1 N–H and O–H groups in total. The molecule has 0 amide bonds. The number of nitriles is 1. The molecule has 2 unspecified atom stereocenters. The third kappa shape index (κ3) is 3.31. The van der Waals surface area contributed by atoms with Crippen LogP contribution in [0.4, 0.5) is 0 Å². The molecule has 4 nitrogen and oxygen atoms in total. The molecule has 0 aliphatic carbocycles. The fourth-order valence-electron chi connectivity index (χ4n) is 1.44. The lowest BCUT2D eigenvalue weighted by molar-refractivity contribution is 0.0901. The van der Waals surface area contributed by atoms with E-state index in [9.17, 15) is 0 Å². The first-order valence-electron chi connectivity index (χ1n) is 4.62. The van der Waals surface area contributed by atoms with Crippen molar-refractivity contribution in [2.24, 2.45) is 0 Å². The van der Waals surface area contributed by atoms with Gasteiger partial charge in [-0.3, -0.25) is 5.32 Å². The molecule has 1 aliphatic heterocycles. The summed E-state index contributed by atoms with van der Waals surface area (Å²) < 4.78 is 10.3. The van der Waals surface area contributed by atoms with Gasteiger partial charge in [0.25, 0.3) is 0 Å². The molecule has 2 atom stereocenters. The van der Waals surface area contributed by atoms with Crippen molar-refractivity contribution in [3.05, 3.63) is 0 Å². The lowest BCUT2D eigenvalue weighted by Crippen LogP contribution is -2.39. The van der Waals surface area contributed by atoms with E-state index in [4.69, 9.17) is 14.7 Å². The highest BCUT2D eigenvalue weighted by molar-refractivity contribution is 4.97. The summed E-state index contributed by atoms with van der Waals surface area (Å²) in [7, 11) is 1.65. The molecule has 0 saturated carbocycles. The minimum atomic E-state index is -0.183. The Morgan fingerprint density at radius 3 is 3.15 bits per heavy atom. The number of nitrogens with zero attached hydrogens (tertiary/aromatic N) is 1. The van der Waals surface area contributed by atoms with Crippen molar-refractivity contribution in [1.29, 1.82) is 5.26 Å². The highest BCUT2D eigenvalue weighted by Crippen LogP contribution is 2.14. The molecule has 4 heteroatoms. The Kier molecular flexibility index (Phi) is 4.76. The topological polar surface area (TPSA) is 54.3 Å². The van der Waals surface area contributed by atoms with E-state index >= 15 is 0 Å². The van der Waals surface area contributed by atoms with Gasteiger partial charge in [-0.05, 0) is 12.8 Å². The Morgan fingerprint density at radius 1 is 1.77 bits per heavy atom. The number of methoxy groups -OCH3 is 1. The van der Waals surface area contributed by atoms with E-state index < -0.39 is 0 Å². The van der Waals surface area contributed by atoms with Gasteiger partial charge in [0.15, 0.2) is 0 Å². The maximum absolute atomic E-state index is 8.85. The molecule has 0 radical (unpaired) electrons. The highest BCUT2D eigenvalue weighted by atomic mass is 16.5. The zero-order chi connectivity index (χ0) is 9.52. The van der Waals surface area contributed by atoms with Gasteiger partial charge in [0.2, 0.25) is 0 Å². The van der Waals surface area contributed by atoms with Crippen molar-refractivity contribution >= 4 is 0 Å². The smallest absolute Gasteiger partial charge is 0.122 e. The summed E-state index contributed by atoms with van der Waals surface area (Å²) in [6, 6.07) is 2.03. The number of hydrogen-bond donors (Lipinski definition) is 1. The first-order chi connectivity index (χ1) is 6.38. The van der Waals surface area contributed by atoms with Gasteiger partial charge < -0.3 is 9.47 Å². The molecule has 74 valence electrons. The third-order valence-corrected chi connectivity index (χ3v) is 2.15. The minimum Gasteiger partial charge on any atom is -0.383 e. The van der Waals surface area contributed by atoms with Crippen molar-refractivity contribution in [3.63, 3.8) is 0 Å². The molecule has 0 bridgehead atoms. The lowest BCUT2D eigenvalue weighted by atomic mass is 10.1. The Balaban J connectivity index is 2.22. The second-order valence-corrected chi connectivity index (χ2v) is 3.11. The first kappa shape index (κ1) is 10.5. The summed E-state index contributed by atoms with van der Waals surface area (Å²) in [5.41, 5.74) is 0. The summed E-state index contributed by atoms with van der Waals surface area (Å²) in [4.78, 5) is 0. The zero-order valence-electron chi connectivity index (χ0n) is 7.95. The van der Waals surface area contributed by atoms with Crippen LogP contribution in [-0.4, -0.2) is 39.0 Å². The molecule has 1 rings (SSSR count). The van der Waals surface area contributed by atoms with Crippen molar-refractivity contribution in [2.75, 3.05) is 26.9 Å². The molecule has 0 aromatic rings. The number of hydrogen-bond acceptors (Lipinski definition) is 4. The molecule has 0 aromatic heterocycles. The number of nitrogens with one attached hydrogen (secondary N) is 1. The van der Waals surface area contributed by atoms with Crippen LogP contribution in [0, 0.1) is 11.3 Å². The second kappa shape index (κ2) is 5.92. The molecule has 1 saturated heterocycles. The largest absolute Gasteiger partial charge is 0.383 e. The predicted molar refractivity (Wildman–Crippen MR) is 48.3 cm³/mol. The van der Waals surface area contributed by atoms with E-state index in [1.54, 1.807) is 7.11 Å². The Bertz CT molecular complexity index is 173. The normalized spacial score (nSPS) is 24.2. The molecular formula is C9H16N2O2. The Morgan fingerprint density at radius 2 is 2.62 bits per heavy atom. The summed E-state index contributed by atoms with van der Waals surface area (Å²) in [6.45, 7) is 2.12. The van der Waals surface area contributed by atoms with Crippen LogP contribution in [0.15, 0.2) is 0 Å². The van der Waals surface area contributed by atoms with Crippen LogP contribution in [0.5, 0.6) is 0 Å². The summed E-state index contributed by atoms with van der Waals surface area (Å²) in [5, 5.41) is 12.0. The van der Waals surface area contributed by atoms with Gasteiger partial charge in [0.05, 0.1) is 18.8 Å². The maximum Gasteiger partial charge on any atom is 0.122 e. The van der Waals surface area contributed by atoms with Gasteiger partial charge in [0.1, 0.15) is 6.04 Å². The summed E-state index contributed by atoms with van der Waals surface area (Å²) in [5.74, 6) is 0. The van der Waals surface area contributed by atoms with Gasteiger partial charge in [-0.15, -0.1) is 0 Å². The first-order valence-corrected chi connectivity index (χ1v) is 4.62. The van der Waals surface area contributed by atoms with E-state index in [1.165, 1.54) is 0 Å². The van der Waals surface area contributed by atoms with E-state index in [0.29, 0.717) is 13.2 Å². The maximum atomic E-state index is 8.85. The highest BCUT2D eigenvalue weighted by Gasteiger charge is 2.24. The predicted octanol–water partition coefficient (Wildman–Crippen LogP) is 0.294. The number of rotatable bonds is 5. The molecular weight excluding hydrogens is 168 g/mol. The lowest BCUT2D eigenvalue weighted by Gasteiger charge is -2.16. The fourth-order valence-corrected chi connectivity index (χ4v) is 1.44. The van der Waals surface area contributed by atoms with Crippen LogP contribution in [0.3, 0.4) is 0 Å². The van der Waals surface area contributed by atoms with Crippen molar-refractivity contribution < 1.29 is 9.47 Å². The second-order valence-electron chi connectivity index (χ2n) is 3.11. The van der Waals surface area contributed by atoms with Gasteiger partial charge in [-0.25, -0.2) is 0 Å². The van der Waals surface area contributed by atoms with Crippen molar-refractivity contribution in [3.8, 4) is 6.07 Å². The zero-order valence-corrected chi connectivity index (χ0v) is 7.95. The van der Waals surface area contributed by atoms with E-state index in [2.05, 4.69) is 11.4 Å². The van der Waals surface area contributed by atoms with Gasteiger partial charge >= 0.3 is 0 Å². The fraction of sp³-hybridized carbons (Fsp3) is 0.889. The quantitative estimate of drug-likeness (QED) is 0.624. The number of ether oxygens (including phenoxy) is 2. The Labute approximate surface area is 78.8 Å². The van der Waals surface area contributed by atoms with Gasteiger partial charge in [0, 0.05) is 20.3 Å². The average Bonchev–Trinajstić information content (AvgIpc) is 2.65. The van der Waals surface area contributed by atoms with Crippen molar-refractivity contribution in [2.45, 2.75) is 25.0 Å². The van der Waals surface area contributed by atoms with Crippen LogP contribution in [0.1, 0.15) is 12.8 Å². The minimum absolute atomic E-state index is 0.0712. The van der Waals surface area contributed by atoms with Gasteiger partial charge in [-0.1, -0.05) is 0 Å². The molecule has 1 aliphatic rings. The van der Waals surface area contributed by atoms with E-state index in [-0.39, 0.29) is 12.1 Å². The standard InChI is InChI=1S/C9H16N2O2/c1-12-6-4-11-8(7-10)9-3-2-5-13-9/h8-9,11H,2-6H2,1H3. The average molecular weight is 184 g/mol. The molecule has 0 spiro atoms. The Hall–Kier alpha value is -0.630. The van der Waals surface area contributed by atoms with Crippen LogP contribution in [0.2, 0.25) is 0 Å². The van der Waals surface area contributed by atoms with Crippen LogP contribution >= 0.6 is 0 Å². The summed E-state index contributed by atoms with van der Waals surface area (Å²) in [6.07, 6.45) is 2.12. The molecule has 0 aromatic carbocycles.